The Labute approximate surface area is 141 Å². The van der Waals surface area contributed by atoms with E-state index in [-0.39, 0.29) is 0 Å². The summed E-state index contributed by atoms with van der Waals surface area (Å²) in [6.45, 7) is 4.24. The summed E-state index contributed by atoms with van der Waals surface area (Å²) in [5, 5.41) is 0. The Morgan fingerprint density at radius 2 is 1.09 bits per heavy atom. The van der Waals surface area contributed by atoms with Gasteiger partial charge >= 0.3 is 0 Å². The second-order valence-electron chi connectivity index (χ2n) is 5.53. The van der Waals surface area contributed by atoms with E-state index in [1.807, 2.05) is 23.5 Å². The van der Waals surface area contributed by atoms with Crippen molar-refractivity contribution in [3.8, 4) is 32.4 Å². The van der Waals surface area contributed by atoms with Crippen molar-refractivity contribution in [2.45, 2.75) is 13.8 Å². The average molecular weight is 324 g/mol. The Bertz CT molecular complexity index is 765. The average Bonchev–Trinajstić information content (AvgIpc) is 3.03. The molecule has 1 heterocycles. The first-order valence-corrected chi connectivity index (χ1v) is 8.34. The van der Waals surface area contributed by atoms with Crippen molar-refractivity contribution < 1.29 is 9.47 Å². The van der Waals surface area contributed by atoms with Crippen molar-refractivity contribution >= 4 is 11.3 Å². The minimum absolute atomic E-state index is 0.897. The second-order valence-corrected chi connectivity index (χ2v) is 6.61. The Morgan fingerprint density at radius 3 is 1.43 bits per heavy atom. The van der Waals surface area contributed by atoms with Gasteiger partial charge < -0.3 is 9.47 Å². The van der Waals surface area contributed by atoms with Crippen LogP contribution in [0.25, 0.3) is 20.9 Å². The van der Waals surface area contributed by atoms with Crippen molar-refractivity contribution in [1.29, 1.82) is 0 Å². The van der Waals surface area contributed by atoms with Gasteiger partial charge in [-0.2, -0.15) is 0 Å². The minimum Gasteiger partial charge on any atom is -0.497 e. The minimum atomic E-state index is 0.897. The fourth-order valence-corrected chi connectivity index (χ4v) is 3.89. The molecular formula is C20H20O2S. The highest BCUT2D eigenvalue weighted by Gasteiger charge is 2.10. The van der Waals surface area contributed by atoms with E-state index in [0.29, 0.717) is 0 Å². The van der Waals surface area contributed by atoms with Gasteiger partial charge in [-0.15, -0.1) is 11.3 Å². The van der Waals surface area contributed by atoms with Crippen LogP contribution >= 0.6 is 11.3 Å². The number of hydrogen-bond acceptors (Lipinski definition) is 3. The Morgan fingerprint density at radius 1 is 0.652 bits per heavy atom. The van der Waals surface area contributed by atoms with Crippen LogP contribution in [0.3, 0.4) is 0 Å². The lowest BCUT2D eigenvalue weighted by atomic mass is 10.1. The summed E-state index contributed by atoms with van der Waals surface area (Å²) in [6, 6.07) is 16.8. The predicted molar refractivity (Wildman–Crippen MR) is 97.8 cm³/mol. The first kappa shape index (κ1) is 15.6. The van der Waals surface area contributed by atoms with Gasteiger partial charge in [-0.3, -0.25) is 0 Å². The monoisotopic (exact) mass is 324 g/mol. The molecule has 0 aliphatic carbocycles. The van der Waals surface area contributed by atoms with E-state index in [2.05, 4.69) is 50.2 Å². The molecule has 23 heavy (non-hydrogen) atoms. The van der Waals surface area contributed by atoms with Gasteiger partial charge in [0.2, 0.25) is 0 Å². The van der Waals surface area contributed by atoms with Gasteiger partial charge in [0.15, 0.2) is 0 Å². The normalized spacial score (nSPS) is 10.6. The molecule has 0 spiro atoms. The zero-order chi connectivity index (χ0) is 16.4. The molecule has 0 atom stereocenters. The number of ether oxygens (including phenoxy) is 2. The maximum Gasteiger partial charge on any atom is 0.119 e. The molecule has 0 aliphatic heterocycles. The van der Waals surface area contributed by atoms with Crippen LogP contribution < -0.4 is 9.47 Å². The number of methoxy groups -OCH3 is 2. The molecule has 3 rings (SSSR count). The molecule has 0 saturated heterocycles. The SMILES string of the molecule is COc1ccc(-c2ccc(-c3ccc(OC)cc3C)s2)c(C)c1. The topological polar surface area (TPSA) is 18.5 Å². The van der Waals surface area contributed by atoms with Crippen LogP contribution in [0.5, 0.6) is 11.5 Å². The molecule has 3 aromatic rings. The maximum atomic E-state index is 5.29. The van der Waals surface area contributed by atoms with Crippen molar-refractivity contribution in [2.24, 2.45) is 0 Å². The molecular weight excluding hydrogens is 304 g/mol. The summed E-state index contributed by atoms with van der Waals surface area (Å²) in [5.74, 6) is 1.79. The van der Waals surface area contributed by atoms with Crippen LogP contribution in [-0.4, -0.2) is 14.2 Å². The molecule has 0 radical (unpaired) electrons. The smallest absolute Gasteiger partial charge is 0.119 e. The molecule has 118 valence electrons. The van der Waals surface area contributed by atoms with Gasteiger partial charge in [-0.1, -0.05) is 0 Å². The quantitative estimate of drug-likeness (QED) is 0.611. The summed E-state index contributed by atoms with van der Waals surface area (Å²) < 4.78 is 10.6. The van der Waals surface area contributed by atoms with Gasteiger partial charge in [0.25, 0.3) is 0 Å². The third-order valence-electron chi connectivity index (χ3n) is 4.00. The molecule has 1 aromatic heterocycles. The van der Waals surface area contributed by atoms with Gasteiger partial charge in [0.1, 0.15) is 11.5 Å². The summed E-state index contributed by atoms with van der Waals surface area (Å²) in [7, 11) is 3.40. The molecule has 0 saturated carbocycles. The van der Waals surface area contributed by atoms with Gasteiger partial charge in [-0.25, -0.2) is 0 Å². The molecule has 0 amide bonds. The fraction of sp³-hybridized carbons (Fsp3) is 0.200. The lowest BCUT2D eigenvalue weighted by molar-refractivity contribution is 0.414. The van der Waals surface area contributed by atoms with Crippen molar-refractivity contribution in [3.05, 3.63) is 59.7 Å². The zero-order valence-electron chi connectivity index (χ0n) is 13.8. The molecule has 0 N–H and O–H groups in total. The Balaban J connectivity index is 1.97. The Hall–Kier alpha value is -2.26. The van der Waals surface area contributed by atoms with Crippen LogP contribution in [-0.2, 0) is 0 Å². The summed E-state index contributed by atoms with van der Waals surface area (Å²) in [4.78, 5) is 2.55. The predicted octanol–water partition coefficient (Wildman–Crippen LogP) is 5.72. The number of hydrogen-bond donors (Lipinski definition) is 0. The third kappa shape index (κ3) is 3.10. The summed E-state index contributed by atoms with van der Waals surface area (Å²) in [6.07, 6.45) is 0. The van der Waals surface area contributed by atoms with E-state index in [9.17, 15) is 0 Å². The number of thiophene rings is 1. The van der Waals surface area contributed by atoms with E-state index in [1.165, 1.54) is 32.0 Å². The summed E-state index contributed by atoms with van der Waals surface area (Å²) in [5.41, 5.74) is 4.97. The largest absolute Gasteiger partial charge is 0.497 e. The van der Waals surface area contributed by atoms with Gasteiger partial charge in [0.05, 0.1) is 14.2 Å². The molecule has 3 heteroatoms. The molecule has 2 aromatic carbocycles. The van der Waals surface area contributed by atoms with Crippen LogP contribution in [0.2, 0.25) is 0 Å². The summed E-state index contributed by atoms with van der Waals surface area (Å²) >= 11 is 1.81. The lowest BCUT2D eigenvalue weighted by Crippen LogP contribution is -1.86. The van der Waals surface area contributed by atoms with E-state index in [1.54, 1.807) is 14.2 Å². The molecule has 0 unspecified atom stereocenters. The first-order valence-electron chi connectivity index (χ1n) is 7.52. The van der Waals surface area contributed by atoms with Crippen molar-refractivity contribution in [3.63, 3.8) is 0 Å². The first-order chi connectivity index (χ1) is 11.1. The maximum absolute atomic E-state index is 5.29. The highest BCUT2D eigenvalue weighted by molar-refractivity contribution is 7.18. The van der Waals surface area contributed by atoms with Gasteiger partial charge in [0, 0.05) is 9.75 Å². The van der Waals surface area contributed by atoms with E-state index in [4.69, 9.17) is 9.47 Å². The second kappa shape index (κ2) is 6.47. The van der Waals surface area contributed by atoms with Gasteiger partial charge in [-0.05, 0) is 84.6 Å². The molecule has 0 fully saturated rings. The number of aryl methyl sites for hydroxylation is 2. The Kier molecular flexibility index (Phi) is 4.39. The highest BCUT2D eigenvalue weighted by atomic mass is 32.1. The fourth-order valence-electron chi connectivity index (χ4n) is 2.71. The molecule has 2 nitrogen and oxygen atoms in total. The highest BCUT2D eigenvalue weighted by Crippen LogP contribution is 2.38. The molecule has 0 aliphatic rings. The molecule has 0 bridgehead atoms. The van der Waals surface area contributed by atoms with Crippen molar-refractivity contribution in [1.82, 2.24) is 0 Å². The van der Waals surface area contributed by atoms with Crippen LogP contribution in [0.4, 0.5) is 0 Å². The standard InChI is InChI=1S/C20H20O2S/c1-13-11-15(21-3)5-7-17(13)19-9-10-20(23-19)18-8-6-16(22-4)12-14(18)2/h5-12H,1-4H3. The lowest BCUT2D eigenvalue weighted by Gasteiger charge is -2.07. The third-order valence-corrected chi connectivity index (χ3v) is 5.16. The van der Waals surface area contributed by atoms with Crippen LogP contribution in [0.15, 0.2) is 48.5 Å². The zero-order valence-corrected chi connectivity index (χ0v) is 14.7. The number of benzene rings is 2. The van der Waals surface area contributed by atoms with E-state index in [0.717, 1.165) is 11.5 Å². The van der Waals surface area contributed by atoms with Crippen LogP contribution in [0, 0.1) is 13.8 Å². The van der Waals surface area contributed by atoms with Crippen molar-refractivity contribution in [2.75, 3.05) is 14.2 Å². The van der Waals surface area contributed by atoms with E-state index >= 15 is 0 Å². The van der Waals surface area contributed by atoms with E-state index < -0.39 is 0 Å². The number of rotatable bonds is 4. The van der Waals surface area contributed by atoms with Crippen LogP contribution in [0.1, 0.15) is 11.1 Å².